The molecule has 9 heteroatoms. The number of hydrogen-bond donors (Lipinski definition) is 2. The van der Waals surface area contributed by atoms with Crippen LogP contribution in [0.2, 0.25) is 0 Å². The van der Waals surface area contributed by atoms with E-state index in [4.69, 9.17) is 0 Å². The predicted octanol–water partition coefficient (Wildman–Crippen LogP) is 3.77. The number of hydrogen-bond acceptors (Lipinski definition) is 6. The zero-order valence-electron chi connectivity index (χ0n) is 22.7. The number of benzene rings is 2. The zero-order chi connectivity index (χ0) is 27.9. The topological polar surface area (TPSA) is 103 Å². The maximum absolute atomic E-state index is 14.0. The highest BCUT2D eigenvalue weighted by Gasteiger charge is 2.49. The van der Waals surface area contributed by atoms with Crippen molar-refractivity contribution in [1.29, 1.82) is 0 Å². The van der Waals surface area contributed by atoms with Crippen molar-refractivity contribution in [2.45, 2.75) is 64.9 Å². The number of aromatic nitrogens is 1. The predicted molar refractivity (Wildman–Crippen MR) is 150 cm³/mol. The lowest BCUT2D eigenvalue weighted by Gasteiger charge is -2.35. The summed E-state index contributed by atoms with van der Waals surface area (Å²) >= 11 is 1.59. The van der Waals surface area contributed by atoms with Gasteiger partial charge in [-0.05, 0) is 42.5 Å². The Balaban J connectivity index is 1.30. The molecule has 1 aromatic heterocycles. The number of aliphatic hydroxyl groups is 1. The van der Waals surface area contributed by atoms with Crippen molar-refractivity contribution in [1.82, 2.24) is 20.1 Å². The van der Waals surface area contributed by atoms with Crippen LogP contribution in [0.5, 0.6) is 0 Å². The van der Waals surface area contributed by atoms with Crippen LogP contribution < -0.4 is 5.32 Å². The number of β-amino-alcohol motifs (C(OH)–C–C–N with tert-alkyl or cyclic N) is 1. The maximum Gasteiger partial charge on any atom is 0.255 e. The van der Waals surface area contributed by atoms with E-state index in [1.54, 1.807) is 29.2 Å². The van der Waals surface area contributed by atoms with Gasteiger partial charge in [-0.1, -0.05) is 56.3 Å². The first-order chi connectivity index (χ1) is 18.6. The van der Waals surface area contributed by atoms with Gasteiger partial charge in [0.2, 0.25) is 11.8 Å². The molecule has 1 unspecified atom stereocenters. The van der Waals surface area contributed by atoms with Crippen LogP contribution >= 0.6 is 11.3 Å². The normalized spacial score (nSPS) is 21.4. The molecule has 3 amide bonds. The highest BCUT2D eigenvalue weighted by Crippen LogP contribution is 2.33. The van der Waals surface area contributed by atoms with Gasteiger partial charge in [-0.3, -0.25) is 14.4 Å². The van der Waals surface area contributed by atoms with Crippen molar-refractivity contribution in [3.05, 3.63) is 76.4 Å². The first kappa shape index (κ1) is 27.0. The van der Waals surface area contributed by atoms with Crippen LogP contribution in [0.25, 0.3) is 10.4 Å². The molecule has 2 aliphatic heterocycles. The summed E-state index contributed by atoms with van der Waals surface area (Å²) in [6.07, 6.45) is 0.132. The average Bonchev–Trinajstić information content (AvgIpc) is 3.58. The number of nitrogens with zero attached hydrogens (tertiary/aromatic N) is 3. The summed E-state index contributed by atoms with van der Waals surface area (Å²) < 4.78 is 0. The van der Waals surface area contributed by atoms with Gasteiger partial charge in [-0.25, -0.2) is 4.98 Å². The van der Waals surface area contributed by atoms with Gasteiger partial charge in [0.1, 0.15) is 12.1 Å². The van der Waals surface area contributed by atoms with Crippen molar-refractivity contribution < 1.29 is 19.5 Å². The van der Waals surface area contributed by atoms with E-state index in [2.05, 4.69) is 10.3 Å². The molecule has 5 rings (SSSR count). The minimum atomic E-state index is -1.20. The number of thiazole rings is 1. The van der Waals surface area contributed by atoms with Crippen LogP contribution in [-0.2, 0) is 22.7 Å². The Bertz CT molecular complexity index is 1400. The summed E-state index contributed by atoms with van der Waals surface area (Å²) in [6, 6.07) is 13.8. The van der Waals surface area contributed by atoms with Gasteiger partial charge in [-0.2, -0.15) is 0 Å². The second-order valence-electron chi connectivity index (χ2n) is 11.1. The molecule has 1 saturated heterocycles. The zero-order valence-corrected chi connectivity index (χ0v) is 23.5. The Kier molecular flexibility index (Phi) is 7.31. The van der Waals surface area contributed by atoms with E-state index < -0.39 is 17.7 Å². The van der Waals surface area contributed by atoms with Crippen molar-refractivity contribution in [3.8, 4) is 10.4 Å². The lowest BCUT2D eigenvalue weighted by molar-refractivity contribution is -0.143. The van der Waals surface area contributed by atoms with Crippen LogP contribution in [-0.4, -0.2) is 61.8 Å². The van der Waals surface area contributed by atoms with Crippen LogP contribution in [0.3, 0.4) is 0 Å². The number of likely N-dealkylation sites (tertiary alicyclic amines) is 1. The van der Waals surface area contributed by atoms with Gasteiger partial charge in [0.05, 0.1) is 28.2 Å². The van der Waals surface area contributed by atoms with Gasteiger partial charge in [0.25, 0.3) is 5.91 Å². The average molecular weight is 547 g/mol. The third-order valence-corrected chi connectivity index (χ3v) is 8.58. The Morgan fingerprint density at radius 3 is 2.54 bits per heavy atom. The fourth-order valence-electron chi connectivity index (χ4n) is 5.64. The Morgan fingerprint density at radius 1 is 1.18 bits per heavy atom. The first-order valence-electron chi connectivity index (χ1n) is 13.2. The monoisotopic (exact) mass is 546 g/mol. The molecule has 0 radical (unpaired) electrons. The number of rotatable bonds is 7. The van der Waals surface area contributed by atoms with E-state index >= 15 is 0 Å². The number of carbonyl (C=O) groups is 3. The van der Waals surface area contributed by atoms with Gasteiger partial charge in [-0.15, -0.1) is 11.3 Å². The number of fused-ring (bicyclic) bond motifs is 1. The molecule has 0 saturated carbocycles. The van der Waals surface area contributed by atoms with E-state index in [0.29, 0.717) is 18.7 Å². The van der Waals surface area contributed by atoms with Gasteiger partial charge in [0.15, 0.2) is 0 Å². The molecule has 0 bridgehead atoms. The molecule has 3 atom stereocenters. The van der Waals surface area contributed by atoms with Crippen LogP contribution in [0.15, 0.2) is 54.0 Å². The van der Waals surface area contributed by atoms with Gasteiger partial charge >= 0.3 is 0 Å². The third kappa shape index (κ3) is 5.33. The van der Waals surface area contributed by atoms with Crippen molar-refractivity contribution >= 4 is 29.1 Å². The number of carbonyl (C=O) groups excluding carboxylic acids is 3. The van der Waals surface area contributed by atoms with E-state index in [9.17, 15) is 19.5 Å². The van der Waals surface area contributed by atoms with E-state index in [1.807, 2.05) is 68.7 Å². The lowest BCUT2D eigenvalue weighted by Crippen LogP contribution is -2.55. The summed E-state index contributed by atoms with van der Waals surface area (Å²) in [5, 5.41) is 13.8. The second kappa shape index (κ2) is 10.5. The SMILES string of the molecule is Cc1ncsc1-c1ccc(CNC(=O)[C@@H]2C[C@](C)(O)CN2C(=O)C(C(C)C)N2Cc3ccccc3C2=O)cc1. The first-order valence-corrected chi connectivity index (χ1v) is 14.1. The molecule has 0 spiro atoms. The van der Waals surface area contributed by atoms with Crippen LogP contribution in [0.4, 0.5) is 0 Å². The largest absolute Gasteiger partial charge is 0.388 e. The summed E-state index contributed by atoms with van der Waals surface area (Å²) in [4.78, 5) is 49.0. The molecule has 2 N–H and O–H groups in total. The standard InChI is InChI=1S/C30H34N4O4S/c1-18(2)25(33-15-22-7-5-6-8-23(22)28(33)36)29(37)34-16-30(4,38)13-24(34)27(35)31-14-20-9-11-21(12-10-20)26-19(3)32-17-39-26/h5-12,17-18,24-25,38H,13-16H2,1-4H3,(H,31,35)/t24-,25?,30-/m0/s1. The Morgan fingerprint density at radius 2 is 1.90 bits per heavy atom. The Hall–Kier alpha value is -3.56. The molecule has 2 aromatic carbocycles. The van der Waals surface area contributed by atoms with E-state index in [0.717, 1.165) is 27.3 Å². The van der Waals surface area contributed by atoms with E-state index in [1.165, 1.54) is 4.90 Å². The molecule has 3 aromatic rings. The molecule has 2 aliphatic rings. The molecule has 39 heavy (non-hydrogen) atoms. The summed E-state index contributed by atoms with van der Waals surface area (Å²) in [5.74, 6) is -0.984. The lowest BCUT2D eigenvalue weighted by atomic mass is 10.00. The minimum absolute atomic E-state index is 0.0328. The smallest absolute Gasteiger partial charge is 0.255 e. The minimum Gasteiger partial charge on any atom is -0.388 e. The summed E-state index contributed by atoms with van der Waals surface area (Å²) in [5.41, 5.74) is 5.11. The summed E-state index contributed by atoms with van der Waals surface area (Å²) in [6.45, 7) is 8.11. The molecule has 8 nitrogen and oxygen atoms in total. The third-order valence-electron chi connectivity index (χ3n) is 7.60. The fraction of sp³-hybridized carbons (Fsp3) is 0.400. The molecular weight excluding hydrogens is 512 g/mol. The number of nitrogens with one attached hydrogen (secondary N) is 1. The molecular formula is C30H34N4O4S. The van der Waals surface area contributed by atoms with Crippen molar-refractivity contribution in [2.75, 3.05) is 6.54 Å². The van der Waals surface area contributed by atoms with E-state index in [-0.39, 0.29) is 36.6 Å². The molecule has 0 aliphatic carbocycles. The van der Waals surface area contributed by atoms with Crippen molar-refractivity contribution in [3.63, 3.8) is 0 Å². The molecule has 204 valence electrons. The Labute approximate surface area is 232 Å². The number of aryl methyl sites for hydroxylation is 1. The van der Waals surface area contributed by atoms with Crippen molar-refractivity contribution in [2.24, 2.45) is 5.92 Å². The molecule has 3 heterocycles. The number of amides is 3. The molecule has 1 fully saturated rings. The second-order valence-corrected chi connectivity index (χ2v) is 12.0. The fourth-order valence-corrected chi connectivity index (χ4v) is 6.46. The maximum atomic E-state index is 14.0. The van der Waals surface area contributed by atoms with Gasteiger partial charge < -0.3 is 20.2 Å². The van der Waals surface area contributed by atoms with Crippen LogP contribution in [0.1, 0.15) is 54.4 Å². The summed E-state index contributed by atoms with van der Waals surface area (Å²) in [7, 11) is 0. The van der Waals surface area contributed by atoms with Gasteiger partial charge in [0, 0.05) is 25.1 Å². The quantitative estimate of drug-likeness (QED) is 0.470. The highest BCUT2D eigenvalue weighted by molar-refractivity contribution is 7.13. The highest BCUT2D eigenvalue weighted by atomic mass is 32.1. The van der Waals surface area contributed by atoms with Crippen LogP contribution in [0, 0.1) is 12.8 Å².